The molecule has 0 N–H and O–H groups in total. The normalized spacial score (nSPS) is 18.8. The van der Waals surface area contributed by atoms with Gasteiger partial charge in [-0.15, -0.1) is 0 Å². The number of aryl methyl sites for hydroxylation is 2. The van der Waals surface area contributed by atoms with Gasteiger partial charge in [0.15, 0.2) is 5.82 Å². The summed E-state index contributed by atoms with van der Waals surface area (Å²) in [4.78, 5) is 15.7. The lowest BCUT2D eigenvalue weighted by Gasteiger charge is -2.27. The average Bonchev–Trinajstić information content (AvgIpc) is 2.91. The van der Waals surface area contributed by atoms with Crippen LogP contribution in [0, 0.1) is 13.8 Å². The molecule has 2 aromatic rings. The van der Waals surface area contributed by atoms with Crippen molar-refractivity contribution >= 4 is 5.82 Å². The van der Waals surface area contributed by atoms with E-state index in [1.807, 2.05) is 38.5 Å². The third-order valence-corrected chi connectivity index (χ3v) is 3.64. The van der Waals surface area contributed by atoms with Crippen LogP contribution in [-0.2, 0) is 0 Å². The number of anilines is 1. The van der Waals surface area contributed by atoms with Gasteiger partial charge in [-0.25, -0.2) is 4.98 Å². The quantitative estimate of drug-likeness (QED) is 0.826. The van der Waals surface area contributed by atoms with Gasteiger partial charge < -0.3 is 4.90 Å². The first-order chi connectivity index (χ1) is 9.25. The third-order valence-electron chi connectivity index (χ3n) is 3.64. The van der Waals surface area contributed by atoms with Crippen LogP contribution in [0.1, 0.15) is 35.8 Å². The maximum atomic E-state index is 4.67. The predicted molar refractivity (Wildman–Crippen MR) is 75.1 cm³/mol. The van der Waals surface area contributed by atoms with Crippen LogP contribution in [0.2, 0.25) is 0 Å². The van der Waals surface area contributed by atoms with E-state index in [1.165, 1.54) is 12.0 Å². The van der Waals surface area contributed by atoms with Crippen molar-refractivity contribution in [3.8, 4) is 0 Å². The van der Waals surface area contributed by atoms with Crippen LogP contribution in [0.4, 0.5) is 5.82 Å². The minimum absolute atomic E-state index is 0.378. The van der Waals surface area contributed by atoms with Gasteiger partial charge >= 0.3 is 0 Å². The van der Waals surface area contributed by atoms with Crippen molar-refractivity contribution in [2.45, 2.75) is 32.7 Å². The van der Waals surface area contributed by atoms with Gasteiger partial charge in [0.1, 0.15) is 0 Å². The van der Waals surface area contributed by atoms with E-state index in [1.54, 1.807) is 0 Å². The van der Waals surface area contributed by atoms with Crippen LogP contribution >= 0.6 is 0 Å². The Kier molecular flexibility index (Phi) is 3.15. The Labute approximate surface area is 113 Å². The number of hydrogen-bond donors (Lipinski definition) is 0. The molecule has 0 bridgehead atoms. The predicted octanol–water partition coefficient (Wildman–Crippen LogP) is 2.83. The second-order valence-corrected chi connectivity index (χ2v) is 5.06. The molecule has 0 aliphatic carbocycles. The van der Waals surface area contributed by atoms with Crippen LogP contribution in [0.3, 0.4) is 0 Å². The molecule has 4 heteroatoms. The molecule has 2 aromatic heterocycles. The fraction of sp³-hybridized carbons (Fsp3) is 0.400. The van der Waals surface area contributed by atoms with E-state index in [0.29, 0.717) is 6.04 Å². The summed E-state index contributed by atoms with van der Waals surface area (Å²) in [6, 6.07) is 4.53. The third kappa shape index (κ3) is 2.30. The zero-order valence-corrected chi connectivity index (χ0v) is 11.4. The number of aromatic nitrogens is 3. The number of rotatable bonds is 2. The summed E-state index contributed by atoms with van der Waals surface area (Å²) >= 11 is 0. The first-order valence-electron chi connectivity index (χ1n) is 6.72. The lowest BCUT2D eigenvalue weighted by Crippen LogP contribution is -2.25. The average molecular weight is 254 g/mol. The summed E-state index contributed by atoms with van der Waals surface area (Å²) in [5, 5.41) is 0. The summed E-state index contributed by atoms with van der Waals surface area (Å²) in [6.07, 6.45) is 7.95. The van der Waals surface area contributed by atoms with Crippen LogP contribution in [-0.4, -0.2) is 21.5 Å². The highest BCUT2D eigenvalue weighted by atomic mass is 15.2. The second-order valence-electron chi connectivity index (χ2n) is 5.06. The molecule has 0 unspecified atom stereocenters. The molecule has 1 fully saturated rings. The molecule has 0 saturated carbocycles. The monoisotopic (exact) mass is 254 g/mol. The number of pyridine rings is 1. The van der Waals surface area contributed by atoms with Gasteiger partial charge in [-0.3, -0.25) is 9.97 Å². The molecule has 3 heterocycles. The summed E-state index contributed by atoms with van der Waals surface area (Å²) in [5.41, 5.74) is 3.24. The lowest BCUT2D eigenvalue weighted by molar-refractivity contribution is 0.702. The minimum Gasteiger partial charge on any atom is -0.348 e. The lowest BCUT2D eigenvalue weighted by atomic mass is 10.1. The van der Waals surface area contributed by atoms with Crippen molar-refractivity contribution in [1.29, 1.82) is 0 Å². The van der Waals surface area contributed by atoms with Crippen LogP contribution in [0.5, 0.6) is 0 Å². The first-order valence-corrected chi connectivity index (χ1v) is 6.72. The highest BCUT2D eigenvalue weighted by Crippen LogP contribution is 2.35. The topological polar surface area (TPSA) is 41.9 Å². The highest BCUT2D eigenvalue weighted by Gasteiger charge is 2.28. The Morgan fingerprint density at radius 2 is 2.16 bits per heavy atom. The van der Waals surface area contributed by atoms with Crippen molar-refractivity contribution in [2.75, 3.05) is 11.4 Å². The van der Waals surface area contributed by atoms with Crippen molar-refractivity contribution < 1.29 is 0 Å². The largest absolute Gasteiger partial charge is 0.348 e. The maximum Gasteiger partial charge on any atom is 0.150 e. The van der Waals surface area contributed by atoms with E-state index in [-0.39, 0.29) is 0 Å². The Morgan fingerprint density at radius 3 is 2.95 bits per heavy atom. The van der Waals surface area contributed by atoms with E-state index in [2.05, 4.69) is 25.9 Å². The molecule has 98 valence electrons. The molecule has 3 rings (SSSR count). The number of hydrogen-bond acceptors (Lipinski definition) is 4. The molecule has 19 heavy (non-hydrogen) atoms. The van der Waals surface area contributed by atoms with Gasteiger partial charge in [-0.1, -0.05) is 6.07 Å². The molecule has 4 nitrogen and oxygen atoms in total. The van der Waals surface area contributed by atoms with Gasteiger partial charge in [0.05, 0.1) is 17.4 Å². The van der Waals surface area contributed by atoms with Gasteiger partial charge in [-0.2, -0.15) is 0 Å². The minimum atomic E-state index is 0.378. The Balaban J connectivity index is 1.97. The molecule has 0 radical (unpaired) electrons. The van der Waals surface area contributed by atoms with Crippen molar-refractivity contribution in [1.82, 2.24) is 15.0 Å². The van der Waals surface area contributed by atoms with Gasteiger partial charge in [-0.05, 0) is 38.3 Å². The Hall–Kier alpha value is -1.97. The van der Waals surface area contributed by atoms with Crippen molar-refractivity contribution in [2.24, 2.45) is 0 Å². The molecule has 1 atom stereocenters. The first kappa shape index (κ1) is 12.1. The molecule has 1 saturated heterocycles. The van der Waals surface area contributed by atoms with Gasteiger partial charge in [0.2, 0.25) is 0 Å². The summed E-state index contributed by atoms with van der Waals surface area (Å²) in [6.45, 7) is 5.06. The van der Waals surface area contributed by atoms with Gasteiger partial charge in [0, 0.05) is 25.1 Å². The molecule has 1 aliphatic heterocycles. The highest BCUT2D eigenvalue weighted by molar-refractivity contribution is 5.47. The van der Waals surface area contributed by atoms with E-state index in [9.17, 15) is 0 Å². The number of nitrogens with zero attached hydrogens (tertiary/aromatic N) is 4. The second kappa shape index (κ2) is 4.96. The standard InChI is InChI=1S/C15H18N4/c1-11-9-17-12(2)15(18-11)19-8-4-6-14(19)13-5-3-7-16-10-13/h3,5,7,9-10,14H,4,6,8H2,1-2H3/t14-/m0/s1. The zero-order valence-electron chi connectivity index (χ0n) is 11.4. The molecular formula is C15H18N4. The summed E-state index contributed by atoms with van der Waals surface area (Å²) in [7, 11) is 0. The maximum absolute atomic E-state index is 4.67. The Morgan fingerprint density at radius 1 is 1.26 bits per heavy atom. The molecule has 1 aliphatic rings. The van der Waals surface area contributed by atoms with Crippen molar-refractivity contribution in [3.05, 3.63) is 47.7 Å². The summed E-state index contributed by atoms with van der Waals surface area (Å²) in [5.74, 6) is 1.02. The molecular weight excluding hydrogens is 236 g/mol. The zero-order chi connectivity index (χ0) is 13.2. The van der Waals surface area contributed by atoms with Crippen LogP contribution in [0.15, 0.2) is 30.7 Å². The Bertz CT molecular complexity index is 568. The van der Waals surface area contributed by atoms with Crippen molar-refractivity contribution in [3.63, 3.8) is 0 Å². The fourth-order valence-corrected chi connectivity index (χ4v) is 2.74. The molecule has 0 spiro atoms. The van der Waals surface area contributed by atoms with E-state index < -0.39 is 0 Å². The SMILES string of the molecule is Cc1cnc(C)c(N2CCC[C@H]2c2cccnc2)n1. The van der Waals surface area contributed by atoms with E-state index in [4.69, 9.17) is 0 Å². The molecule has 0 amide bonds. The molecule has 0 aromatic carbocycles. The summed E-state index contributed by atoms with van der Waals surface area (Å²) < 4.78 is 0. The van der Waals surface area contributed by atoms with Crippen LogP contribution in [0.25, 0.3) is 0 Å². The fourth-order valence-electron chi connectivity index (χ4n) is 2.74. The van der Waals surface area contributed by atoms with E-state index in [0.717, 1.165) is 30.2 Å². The van der Waals surface area contributed by atoms with E-state index >= 15 is 0 Å². The smallest absolute Gasteiger partial charge is 0.150 e. The van der Waals surface area contributed by atoms with Gasteiger partial charge in [0.25, 0.3) is 0 Å². The van der Waals surface area contributed by atoms with Crippen LogP contribution < -0.4 is 4.90 Å².